The van der Waals surface area contributed by atoms with Crippen molar-refractivity contribution in [3.05, 3.63) is 81.8 Å². The van der Waals surface area contributed by atoms with Crippen molar-refractivity contribution in [1.82, 2.24) is 29.9 Å². The topological polar surface area (TPSA) is 148 Å². The Morgan fingerprint density at radius 3 is 2.79 bits per heavy atom. The number of hydrogen-bond acceptors (Lipinski definition) is 7. The van der Waals surface area contributed by atoms with Crippen LogP contribution < -0.4 is 15.9 Å². The van der Waals surface area contributed by atoms with E-state index in [1.165, 1.54) is 10.9 Å². The van der Waals surface area contributed by atoms with Crippen molar-refractivity contribution in [2.75, 3.05) is 31.6 Å². The molecule has 38 heavy (non-hydrogen) atoms. The van der Waals surface area contributed by atoms with Crippen molar-refractivity contribution in [1.29, 1.82) is 0 Å². The second-order valence-corrected chi connectivity index (χ2v) is 9.20. The van der Waals surface area contributed by atoms with Crippen LogP contribution in [0.4, 0.5) is 5.69 Å². The highest BCUT2D eigenvalue weighted by Crippen LogP contribution is 2.24. The number of aryl methyl sites for hydroxylation is 1. The predicted molar refractivity (Wildman–Crippen MR) is 138 cm³/mol. The molecule has 0 radical (unpaired) electrons. The van der Waals surface area contributed by atoms with E-state index < -0.39 is 5.91 Å². The number of carbonyl (C=O) groups is 1. The normalized spacial score (nSPS) is 14.2. The van der Waals surface area contributed by atoms with Gasteiger partial charge >= 0.3 is 11.4 Å². The minimum absolute atomic E-state index is 0.214. The van der Waals surface area contributed by atoms with Gasteiger partial charge in [0.25, 0.3) is 5.91 Å². The summed E-state index contributed by atoms with van der Waals surface area (Å²) in [5.74, 6) is 1.00. The van der Waals surface area contributed by atoms with Crippen LogP contribution in [0.3, 0.4) is 0 Å². The van der Waals surface area contributed by atoms with Crippen LogP contribution in [0, 0.1) is 6.92 Å². The van der Waals surface area contributed by atoms with Gasteiger partial charge in [-0.25, -0.2) is 14.6 Å². The molecule has 4 aromatic heterocycles. The fraction of sp³-hybridized carbons (Fsp3) is 0.269. The lowest BCUT2D eigenvalue weighted by molar-refractivity contribution is -0.331. The molecular formula is C26H27N8O4+. The van der Waals surface area contributed by atoms with Gasteiger partial charge in [-0.3, -0.25) is 19.6 Å². The zero-order valence-electron chi connectivity index (χ0n) is 20.8. The van der Waals surface area contributed by atoms with Gasteiger partial charge in [0.15, 0.2) is 17.0 Å². The first kappa shape index (κ1) is 23.8. The first-order valence-electron chi connectivity index (χ1n) is 12.3. The fourth-order valence-electron chi connectivity index (χ4n) is 4.53. The number of rotatable bonds is 7. The van der Waals surface area contributed by atoms with Crippen molar-refractivity contribution >= 4 is 22.6 Å². The molecule has 6 rings (SSSR count). The second-order valence-electron chi connectivity index (χ2n) is 9.20. The quantitative estimate of drug-likeness (QED) is 0.300. The van der Waals surface area contributed by atoms with Gasteiger partial charge in [-0.05, 0) is 18.6 Å². The standard InChI is InChI=1S/C26H26N8O4/c1-16-18(15-33-7-9-37-10-8-33)11-21(38-16)25(35)30-19-12-27-32-22(19)24-29-20-13-28-34(26(36)23(20)31-24)14-17-5-3-2-4-6-17/h2-6,11-13H,7-10,14-15H2,1H3,(H,27,32)(H,29,31)(H,30,35)/p+1. The first-order chi connectivity index (χ1) is 18.5. The average molecular weight is 516 g/mol. The smallest absolute Gasteiger partial charge is 0.318 e. The van der Waals surface area contributed by atoms with Crippen molar-refractivity contribution in [2.24, 2.45) is 0 Å². The Hall–Kier alpha value is -4.55. The second kappa shape index (κ2) is 10.1. The molecule has 0 bridgehead atoms. The number of anilines is 1. The zero-order chi connectivity index (χ0) is 26.1. The summed E-state index contributed by atoms with van der Waals surface area (Å²) < 4.78 is 12.6. The van der Waals surface area contributed by atoms with Crippen LogP contribution in [0.15, 0.2) is 58.0 Å². The molecule has 1 amide bonds. The summed E-state index contributed by atoms with van der Waals surface area (Å²) in [6.07, 6.45) is 3.10. The van der Waals surface area contributed by atoms with Gasteiger partial charge in [0, 0.05) is 25.2 Å². The molecule has 1 aromatic carbocycles. The molecule has 5 heterocycles. The third-order valence-electron chi connectivity index (χ3n) is 6.61. The highest BCUT2D eigenvalue weighted by molar-refractivity contribution is 6.04. The highest BCUT2D eigenvalue weighted by Gasteiger charge is 2.24. The molecule has 12 heteroatoms. The molecule has 4 N–H and O–H groups in total. The van der Waals surface area contributed by atoms with Crippen LogP contribution in [0.2, 0.25) is 0 Å². The first-order valence-corrected chi connectivity index (χ1v) is 12.3. The van der Waals surface area contributed by atoms with Crippen LogP contribution in [0.1, 0.15) is 27.4 Å². The summed E-state index contributed by atoms with van der Waals surface area (Å²) in [7, 11) is 0. The van der Waals surface area contributed by atoms with E-state index in [-0.39, 0.29) is 11.3 Å². The maximum Gasteiger partial charge on any atom is 0.318 e. The minimum atomic E-state index is -0.396. The Bertz CT molecular complexity index is 1640. The van der Waals surface area contributed by atoms with Crippen molar-refractivity contribution in [3.63, 3.8) is 0 Å². The van der Waals surface area contributed by atoms with Gasteiger partial charge in [0.1, 0.15) is 5.76 Å². The van der Waals surface area contributed by atoms with E-state index in [0.29, 0.717) is 60.3 Å². The fourth-order valence-corrected chi connectivity index (χ4v) is 4.53. The lowest BCUT2D eigenvalue weighted by atomic mass is 10.2. The Kier molecular flexibility index (Phi) is 6.32. The largest absolute Gasteiger partial charge is 0.456 e. The van der Waals surface area contributed by atoms with Crippen molar-refractivity contribution in [2.45, 2.75) is 20.0 Å². The number of carbonyl (C=O) groups excluding carboxylic acids is 1. The van der Waals surface area contributed by atoms with Gasteiger partial charge < -0.3 is 14.5 Å². The van der Waals surface area contributed by atoms with Crippen LogP contribution in [0.5, 0.6) is 0 Å². The molecule has 194 valence electrons. The number of fused-ring (bicyclic) bond motifs is 1. The number of aromatic amines is 3. The maximum absolute atomic E-state index is 13.1. The number of benzene rings is 1. The molecule has 0 atom stereocenters. The van der Waals surface area contributed by atoms with E-state index in [4.69, 9.17) is 9.15 Å². The molecular weight excluding hydrogens is 488 g/mol. The van der Waals surface area contributed by atoms with Gasteiger partial charge in [0.2, 0.25) is 5.52 Å². The van der Waals surface area contributed by atoms with Gasteiger partial charge in [-0.15, -0.1) is 0 Å². The van der Waals surface area contributed by atoms with E-state index >= 15 is 0 Å². The number of nitrogens with zero attached hydrogens (tertiary/aromatic N) is 4. The lowest BCUT2D eigenvalue weighted by Crippen LogP contribution is -2.35. The highest BCUT2D eigenvalue weighted by atomic mass is 16.5. The molecule has 0 unspecified atom stereocenters. The van der Waals surface area contributed by atoms with Crippen LogP contribution >= 0.6 is 0 Å². The molecule has 1 saturated heterocycles. The van der Waals surface area contributed by atoms with E-state index in [1.807, 2.05) is 37.3 Å². The lowest BCUT2D eigenvalue weighted by Gasteiger charge is -2.26. The Balaban J connectivity index is 1.21. The number of amides is 1. The van der Waals surface area contributed by atoms with E-state index in [2.05, 4.69) is 35.5 Å². The zero-order valence-corrected chi connectivity index (χ0v) is 20.8. The number of nitrogens with one attached hydrogen (secondary N) is 4. The van der Waals surface area contributed by atoms with E-state index in [0.717, 1.165) is 24.2 Å². The molecule has 1 aliphatic rings. The summed E-state index contributed by atoms with van der Waals surface area (Å²) in [4.78, 5) is 34.6. The van der Waals surface area contributed by atoms with E-state index in [1.54, 1.807) is 12.3 Å². The molecule has 12 nitrogen and oxygen atoms in total. The predicted octanol–water partition coefficient (Wildman–Crippen LogP) is 1.96. The Morgan fingerprint density at radius 2 is 1.97 bits per heavy atom. The van der Waals surface area contributed by atoms with Crippen molar-refractivity contribution < 1.29 is 18.9 Å². The summed E-state index contributed by atoms with van der Waals surface area (Å²) in [5, 5.41) is 14.1. The van der Waals surface area contributed by atoms with Gasteiger partial charge in [0.05, 0.1) is 37.8 Å². The number of ether oxygens (including phenoxy) is 1. The number of morpholine rings is 1. The maximum atomic E-state index is 13.1. The summed E-state index contributed by atoms with van der Waals surface area (Å²) in [5.41, 5.74) is 3.49. The monoisotopic (exact) mass is 515 g/mol. The summed E-state index contributed by atoms with van der Waals surface area (Å²) in [6.45, 7) is 6.00. The molecule has 1 fully saturated rings. The molecule has 1 aliphatic heterocycles. The van der Waals surface area contributed by atoms with Crippen molar-refractivity contribution in [3.8, 4) is 11.5 Å². The number of aromatic nitrogens is 6. The third-order valence-corrected chi connectivity index (χ3v) is 6.61. The Labute approximate surface area is 216 Å². The summed E-state index contributed by atoms with van der Waals surface area (Å²) >= 11 is 0. The minimum Gasteiger partial charge on any atom is -0.456 e. The van der Waals surface area contributed by atoms with Crippen LogP contribution in [-0.4, -0.2) is 62.1 Å². The molecule has 5 aromatic rings. The Morgan fingerprint density at radius 1 is 1.16 bits per heavy atom. The van der Waals surface area contributed by atoms with E-state index in [9.17, 15) is 9.59 Å². The summed E-state index contributed by atoms with van der Waals surface area (Å²) in [6, 6.07) is 11.4. The molecule has 0 saturated carbocycles. The van der Waals surface area contributed by atoms with Gasteiger partial charge in [-0.2, -0.15) is 10.2 Å². The van der Waals surface area contributed by atoms with Crippen LogP contribution in [0.25, 0.3) is 22.6 Å². The molecule has 0 spiro atoms. The third kappa shape index (κ3) is 4.74. The average Bonchev–Trinajstić information content (AvgIpc) is 3.66. The number of furan rings is 1. The van der Waals surface area contributed by atoms with Gasteiger partial charge in [-0.1, -0.05) is 30.3 Å². The number of H-pyrrole nitrogens is 3. The molecule has 0 aliphatic carbocycles. The number of hydrogen-bond donors (Lipinski definition) is 3. The SMILES string of the molecule is Cc1oc(C(=O)Nc2cn[nH]c2-c2[nH]c3cnn(Cc4ccccc4)c(=O)c3[nH+]2)cc1CN1CCOCC1. The van der Waals surface area contributed by atoms with Crippen LogP contribution in [-0.2, 0) is 17.8 Å². The number of imidazole rings is 1.